The normalized spacial score (nSPS) is 20.9. The number of benzene rings is 1. The van der Waals surface area contributed by atoms with E-state index in [1.54, 1.807) is 7.11 Å². The van der Waals surface area contributed by atoms with E-state index in [2.05, 4.69) is 17.0 Å². The van der Waals surface area contributed by atoms with Gasteiger partial charge in [0.2, 0.25) is 0 Å². The summed E-state index contributed by atoms with van der Waals surface area (Å²) in [4.78, 5) is 2.34. The molecule has 3 nitrogen and oxygen atoms in total. The Labute approximate surface area is 96.6 Å². The number of nitrogens with zero attached hydrogens (tertiary/aromatic N) is 1. The Morgan fingerprint density at radius 1 is 1.38 bits per heavy atom. The van der Waals surface area contributed by atoms with Gasteiger partial charge in [-0.1, -0.05) is 0 Å². The minimum Gasteiger partial charge on any atom is -0.497 e. The Morgan fingerprint density at radius 2 is 2.12 bits per heavy atom. The molecule has 0 aliphatic carbocycles. The zero-order valence-corrected chi connectivity index (χ0v) is 9.72. The average Bonchev–Trinajstić information content (AvgIpc) is 2.39. The number of ether oxygens (including phenoxy) is 1. The molecule has 0 amide bonds. The number of aliphatic hydroxyl groups is 1. The molecule has 0 radical (unpaired) electrons. The number of aliphatic hydroxyl groups excluding tert-OH is 1. The smallest absolute Gasteiger partial charge is 0.119 e. The highest BCUT2D eigenvalue weighted by Crippen LogP contribution is 2.24. The van der Waals surface area contributed by atoms with Crippen molar-refractivity contribution in [1.82, 2.24) is 0 Å². The van der Waals surface area contributed by atoms with Gasteiger partial charge in [0, 0.05) is 25.4 Å². The van der Waals surface area contributed by atoms with E-state index in [-0.39, 0.29) is 0 Å². The van der Waals surface area contributed by atoms with Crippen LogP contribution in [0.3, 0.4) is 0 Å². The van der Waals surface area contributed by atoms with Crippen LogP contribution in [0.5, 0.6) is 5.75 Å². The predicted octanol–water partition coefficient (Wildman–Crippen LogP) is 1.90. The maximum Gasteiger partial charge on any atom is 0.119 e. The van der Waals surface area contributed by atoms with Crippen LogP contribution in [0, 0.1) is 5.92 Å². The zero-order chi connectivity index (χ0) is 11.4. The molecule has 0 aromatic heterocycles. The van der Waals surface area contributed by atoms with Crippen molar-refractivity contribution in [3.8, 4) is 5.75 Å². The van der Waals surface area contributed by atoms with Gasteiger partial charge in [-0.3, -0.25) is 0 Å². The van der Waals surface area contributed by atoms with Crippen LogP contribution < -0.4 is 9.64 Å². The first-order chi connectivity index (χ1) is 7.83. The number of rotatable bonds is 3. The molecular formula is C13H19NO2. The summed E-state index contributed by atoms with van der Waals surface area (Å²) in [5.74, 6) is 1.32. The maximum absolute atomic E-state index is 9.19. The zero-order valence-electron chi connectivity index (χ0n) is 9.72. The number of methoxy groups -OCH3 is 1. The molecule has 1 heterocycles. The van der Waals surface area contributed by atoms with Crippen LogP contribution >= 0.6 is 0 Å². The Bertz CT molecular complexity index is 323. The summed E-state index contributed by atoms with van der Waals surface area (Å²) in [5.41, 5.74) is 1.22. The lowest BCUT2D eigenvalue weighted by atomic mass is 9.98. The molecule has 1 N–H and O–H groups in total. The van der Waals surface area contributed by atoms with Crippen molar-refractivity contribution in [2.75, 3.05) is 31.7 Å². The Balaban J connectivity index is 2.05. The maximum atomic E-state index is 9.19. The molecule has 88 valence electrons. The summed E-state index contributed by atoms with van der Waals surface area (Å²) in [6.45, 7) is 2.35. The van der Waals surface area contributed by atoms with Crippen molar-refractivity contribution in [2.24, 2.45) is 5.92 Å². The molecule has 2 rings (SSSR count). The van der Waals surface area contributed by atoms with Gasteiger partial charge in [0.15, 0.2) is 0 Å². The van der Waals surface area contributed by atoms with Gasteiger partial charge in [0.25, 0.3) is 0 Å². The standard InChI is InChI=1S/C13H19NO2/c1-16-13-6-4-12(5-7-13)14-8-2-3-11(9-14)10-15/h4-7,11,15H,2-3,8-10H2,1H3. The van der Waals surface area contributed by atoms with Crippen LogP contribution in [0.1, 0.15) is 12.8 Å². The van der Waals surface area contributed by atoms with E-state index in [0.717, 1.165) is 31.7 Å². The molecule has 0 saturated carbocycles. The van der Waals surface area contributed by atoms with E-state index in [4.69, 9.17) is 4.74 Å². The van der Waals surface area contributed by atoms with Crippen LogP contribution in [0.2, 0.25) is 0 Å². The number of piperidine rings is 1. The van der Waals surface area contributed by atoms with Crippen LogP contribution in [-0.2, 0) is 0 Å². The summed E-state index contributed by atoms with van der Waals surface area (Å²) in [5, 5.41) is 9.19. The number of hydrogen-bond acceptors (Lipinski definition) is 3. The average molecular weight is 221 g/mol. The van der Waals surface area contributed by atoms with Gasteiger partial charge < -0.3 is 14.7 Å². The quantitative estimate of drug-likeness (QED) is 0.846. The van der Waals surface area contributed by atoms with Crippen molar-refractivity contribution in [3.05, 3.63) is 24.3 Å². The van der Waals surface area contributed by atoms with Gasteiger partial charge in [-0.2, -0.15) is 0 Å². The van der Waals surface area contributed by atoms with E-state index in [9.17, 15) is 5.11 Å². The minimum absolute atomic E-state index is 0.298. The SMILES string of the molecule is COc1ccc(N2CCCC(CO)C2)cc1. The molecule has 1 aliphatic heterocycles. The molecule has 1 atom stereocenters. The summed E-state index contributed by atoms with van der Waals surface area (Å²) in [7, 11) is 1.68. The molecule has 1 aliphatic rings. The summed E-state index contributed by atoms with van der Waals surface area (Å²) < 4.78 is 5.14. The Morgan fingerprint density at radius 3 is 2.75 bits per heavy atom. The third kappa shape index (κ3) is 2.47. The van der Waals surface area contributed by atoms with Crippen LogP contribution in [0.15, 0.2) is 24.3 Å². The highest BCUT2D eigenvalue weighted by Gasteiger charge is 2.19. The van der Waals surface area contributed by atoms with E-state index < -0.39 is 0 Å². The van der Waals surface area contributed by atoms with Crippen LogP contribution in [0.25, 0.3) is 0 Å². The lowest BCUT2D eigenvalue weighted by Gasteiger charge is -2.33. The molecule has 1 fully saturated rings. The molecule has 1 saturated heterocycles. The number of anilines is 1. The summed E-state index contributed by atoms with van der Waals surface area (Å²) in [6.07, 6.45) is 2.31. The first kappa shape index (κ1) is 11.3. The third-order valence-electron chi connectivity index (χ3n) is 3.21. The highest BCUT2D eigenvalue weighted by molar-refractivity contribution is 5.49. The molecule has 0 spiro atoms. The lowest BCUT2D eigenvalue weighted by molar-refractivity contribution is 0.208. The fourth-order valence-corrected chi connectivity index (χ4v) is 2.24. The first-order valence-corrected chi connectivity index (χ1v) is 5.83. The van der Waals surface area contributed by atoms with Crippen LogP contribution in [0.4, 0.5) is 5.69 Å². The van der Waals surface area contributed by atoms with Crippen molar-refractivity contribution in [1.29, 1.82) is 0 Å². The number of hydrogen-bond donors (Lipinski definition) is 1. The molecular weight excluding hydrogens is 202 g/mol. The largest absolute Gasteiger partial charge is 0.497 e. The monoisotopic (exact) mass is 221 g/mol. The molecule has 16 heavy (non-hydrogen) atoms. The van der Waals surface area contributed by atoms with Gasteiger partial charge in [-0.25, -0.2) is 0 Å². The lowest BCUT2D eigenvalue weighted by Crippen LogP contribution is -2.36. The second kappa shape index (κ2) is 5.21. The molecule has 3 heteroatoms. The summed E-state index contributed by atoms with van der Waals surface area (Å²) >= 11 is 0. The van der Waals surface area contributed by atoms with Gasteiger partial charge in [-0.15, -0.1) is 0 Å². The fraction of sp³-hybridized carbons (Fsp3) is 0.538. The third-order valence-corrected chi connectivity index (χ3v) is 3.21. The second-order valence-electron chi connectivity index (χ2n) is 4.33. The summed E-state index contributed by atoms with van der Waals surface area (Å²) in [6, 6.07) is 8.13. The highest BCUT2D eigenvalue weighted by atomic mass is 16.5. The van der Waals surface area contributed by atoms with Gasteiger partial charge in [0.1, 0.15) is 5.75 Å². The topological polar surface area (TPSA) is 32.7 Å². The van der Waals surface area contributed by atoms with E-state index >= 15 is 0 Å². The predicted molar refractivity (Wildman–Crippen MR) is 65.0 cm³/mol. The minimum atomic E-state index is 0.298. The first-order valence-electron chi connectivity index (χ1n) is 5.83. The van der Waals surface area contributed by atoms with E-state index in [1.165, 1.54) is 5.69 Å². The van der Waals surface area contributed by atoms with Crippen molar-refractivity contribution < 1.29 is 9.84 Å². The molecule has 0 bridgehead atoms. The van der Waals surface area contributed by atoms with E-state index in [0.29, 0.717) is 12.5 Å². The van der Waals surface area contributed by atoms with Crippen LogP contribution in [-0.4, -0.2) is 31.9 Å². The second-order valence-corrected chi connectivity index (χ2v) is 4.33. The van der Waals surface area contributed by atoms with Crippen molar-refractivity contribution in [2.45, 2.75) is 12.8 Å². The van der Waals surface area contributed by atoms with Crippen molar-refractivity contribution >= 4 is 5.69 Å². The molecule has 1 aromatic rings. The molecule has 1 aromatic carbocycles. The Kier molecular flexibility index (Phi) is 3.67. The van der Waals surface area contributed by atoms with Gasteiger partial charge >= 0.3 is 0 Å². The van der Waals surface area contributed by atoms with Crippen molar-refractivity contribution in [3.63, 3.8) is 0 Å². The van der Waals surface area contributed by atoms with Gasteiger partial charge in [-0.05, 0) is 43.0 Å². The van der Waals surface area contributed by atoms with Gasteiger partial charge in [0.05, 0.1) is 7.11 Å². The Hall–Kier alpha value is -1.22. The fourth-order valence-electron chi connectivity index (χ4n) is 2.24. The van der Waals surface area contributed by atoms with E-state index in [1.807, 2.05) is 12.1 Å². The molecule has 1 unspecified atom stereocenters.